The van der Waals surface area contributed by atoms with E-state index in [1.165, 1.54) is 17.2 Å². The van der Waals surface area contributed by atoms with Gasteiger partial charge in [0.05, 0.1) is 12.2 Å². The lowest BCUT2D eigenvalue weighted by Crippen LogP contribution is -2.53. The highest BCUT2D eigenvalue weighted by molar-refractivity contribution is 5.95. The highest BCUT2D eigenvalue weighted by atomic mass is 16.4. The minimum absolute atomic E-state index is 0.0744. The Morgan fingerprint density at radius 1 is 1.19 bits per heavy atom. The van der Waals surface area contributed by atoms with Gasteiger partial charge in [0, 0.05) is 13.1 Å². The standard InChI is InChI=1S/C20H22N2O5/c1-12(2)17(21-18(23)16-8-5-9-27-16)19(24)22-10-13-6-3-4-7-14(13)15(11-22)20(25)26/h3-9,12,15,17H,10-11H2,1-2H3,(H,21,23)(H,25,26). The van der Waals surface area contributed by atoms with Gasteiger partial charge in [-0.3, -0.25) is 14.4 Å². The van der Waals surface area contributed by atoms with Crippen LogP contribution in [0.1, 0.15) is 41.4 Å². The molecule has 27 heavy (non-hydrogen) atoms. The van der Waals surface area contributed by atoms with E-state index in [9.17, 15) is 19.5 Å². The predicted octanol–water partition coefficient (Wildman–Crippen LogP) is 2.24. The molecule has 1 aliphatic heterocycles. The predicted molar refractivity (Wildman–Crippen MR) is 97.0 cm³/mol. The van der Waals surface area contributed by atoms with Crippen LogP contribution in [0.2, 0.25) is 0 Å². The largest absolute Gasteiger partial charge is 0.481 e. The number of carboxylic acids is 1. The summed E-state index contributed by atoms with van der Waals surface area (Å²) in [5.74, 6) is -2.57. The number of carbonyl (C=O) groups is 3. The zero-order valence-electron chi connectivity index (χ0n) is 15.2. The molecule has 0 bridgehead atoms. The van der Waals surface area contributed by atoms with Crippen molar-refractivity contribution in [2.75, 3.05) is 6.54 Å². The van der Waals surface area contributed by atoms with Crippen LogP contribution in [0.5, 0.6) is 0 Å². The van der Waals surface area contributed by atoms with Gasteiger partial charge in [0.25, 0.3) is 5.91 Å². The maximum atomic E-state index is 13.1. The van der Waals surface area contributed by atoms with E-state index in [0.29, 0.717) is 6.54 Å². The molecule has 0 saturated carbocycles. The Hall–Kier alpha value is -3.09. The van der Waals surface area contributed by atoms with Crippen molar-refractivity contribution in [3.05, 3.63) is 59.5 Å². The molecule has 2 heterocycles. The third-order valence-electron chi connectivity index (χ3n) is 4.77. The number of carbonyl (C=O) groups excluding carboxylic acids is 2. The van der Waals surface area contributed by atoms with E-state index < -0.39 is 23.8 Å². The monoisotopic (exact) mass is 370 g/mol. The van der Waals surface area contributed by atoms with E-state index in [4.69, 9.17) is 4.42 Å². The first kappa shape index (κ1) is 18.7. The number of nitrogens with zero attached hydrogens (tertiary/aromatic N) is 1. The quantitative estimate of drug-likeness (QED) is 0.841. The van der Waals surface area contributed by atoms with Crippen molar-refractivity contribution in [1.29, 1.82) is 0 Å². The third-order valence-corrected chi connectivity index (χ3v) is 4.77. The van der Waals surface area contributed by atoms with E-state index in [1.54, 1.807) is 18.2 Å². The highest BCUT2D eigenvalue weighted by Crippen LogP contribution is 2.29. The zero-order valence-corrected chi connectivity index (χ0v) is 15.2. The van der Waals surface area contributed by atoms with Gasteiger partial charge < -0.3 is 19.7 Å². The van der Waals surface area contributed by atoms with E-state index in [2.05, 4.69) is 5.32 Å². The smallest absolute Gasteiger partial charge is 0.312 e. The molecule has 0 fully saturated rings. The molecule has 2 aromatic rings. The molecule has 3 rings (SSSR count). The average Bonchev–Trinajstić information content (AvgIpc) is 3.19. The second-order valence-corrected chi connectivity index (χ2v) is 6.98. The van der Waals surface area contributed by atoms with Crippen LogP contribution in [-0.4, -0.2) is 40.4 Å². The average molecular weight is 370 g/mol. The Morgan fingerprint density at radius 2 is 1.93 bits per heavy atom. The number of fused-ring (bicyclic) bond motifs is 1. The second-order valence-electron chi connectivity index (χ2n) is 6.98. The number of hydrogen-bond donors (Lipinski definition) is 2. The lowest BCUT2D eigenvalue weighted by atomic mass is 9.89. The van der Waals surface area contributed by atoms with E-state index in [-0.39, 0.29) is 24.1 Å². The maximum absolute atomic E-state index is 13.1. The van der Waals surface area contributed by atoms with Gasteiger partial charge in [-0.1, -0.05) is 38.1 Å². The van der Waals surface area contributed by atoms with Crippen LogP contribution < -0.4 is 5.32 Å². The first-order valence-corrected chi connectivity index (χ1v) is 8.82. The molecule has 2 atom stereocenters. The topological polar surface area (TPSA) is 99.9 Å². The maximum Gasteiger partial charge on any atom is 0.312 e. The molecule has 2 unspecified atom stereocenters. The molecule has 142 valence electrons. The Labute approximate surface area is 157 Å². The molecule has 1 aromatic carbocycles. The molecule has 7 nitrogen and oxygen atoms in total. The molecule has 0 radical (unpaired) electrons. The van der Waals surface area contributed by atoms with Gasteiger partial charge in [0.1, 0.15) is 6.04 Å². The number of amides is 2. The zero-order chi connectivity index (χ0) is 19.6. The summed E-state index contributed by atoms with van der Waals surface area (Å²) in [7, 11) is 0. The minimum atomic E-state index is -0.972. The summed E-state index contributed by atoms with van der Waals surface area (Å²) in [4.78, 5) is 38.6. The number of benzene rings is 1. The van der Waals surface area contributed by atoms with E-state index >= 15 is 0 Å². The van der Waals surface area contributed by atoms with E-state index in [1.807, 2.05) is 26.0 Å². The SMILES string of the molecule is CC(C)C(NC(=O)c1ccco1)C(=O)N1Cc2ccccc2C(C(=O)O)C1. The molecular formula is C20H22N2O5. The number of nitrogens with one attached hydrogen (secondary N) is 1. The minimum Gasteiger partial charge on any atom is -0.481 e. The van der Waals surface area contributed by atoms with Crippen molar-refractivity contribution in [1.82, 2.24) is 10.2 Å². The van der Waals surface area contributed by atoms with Crippen molar-refractivity contribution in [2.45, 2.75) is 32.4 Å². The summed E-state index contributed by atoms with van der Waals surface area (Å²) in [6.45, 7) is 4.05. The van der Waals surface area contributed by atoms with Crippen LogP contribution in [0.25, 0.3) is 0 Å². The first-order chi connectivity index (χ1) is 12.9. The van der Waals surface area contributed by atoms with Crippen LogP contribution in [0, 0.1) is 5.92 Å². The van der Waals surface area contributed by atoms with Gasteiger partial charge in [-0.2, -0.15) is 0 Å². The highest BCUT2D eigenvalue weighted by Gasteiger charge is 2.36. The molecule has 1 aromatic heterocycles. The Kier molecular flexibility index (Phi) is 5.30. The molecule has 2 N–H and O–H groups in total. The third kappa shape index (κ3) is 3.86. The summed E-state index contributed by atoms with van der Waals surface area (Å²) in [5, 5.41) is 12.3. The fourth-order valence-electron chi connectivity index (χ4n) is 3.32. The number of rotatable bonds is 5. The molecule has 7 heteroatoms. The van der Waals surface area contributed by atoms with Crippen molar-refractivity contribution < 1.29 is 23.9 Å². The van der Waals surface area contributed by atoms with Gasteiger partial charge in [-0.05, 0) is 29.2 Å². The van der Waals surface area contributed by atoms with E-state index in [0.717, 1.165) is 11.1 Å². The Balaban J connectivity index is 1.82. The van der Waals surface area contributed by atoms with Crippen molar-refractivity contribution in [3.63, 3.8) is 0 Å². The Morgan fingerprint density at radius 3 is 2.56 bits per heavy atom. The van der Waals surface area contributed by atoms with Crippen LogP contribution in [0.4, 0.5) is 0 Å². The van der Waals surface area contributed by atoms with Crippen LogP contribution in [0.3, 0.4) is 0 Å². The first-order valence-electron chi connectivity index (χ1n) is 8.82. The molecule has 2 amide bonds. The van der Waals surface area contributed by atoms with Crippen molar-refractivity contribution in [3.8, 4) is 0 Å². The summed E-state index contributed by atoms with van der Waals surface area (Å²) in [5.41, 5.74) is 1.54. The van der Waals surface area contributed by atoms with Gasteiger partial charge in [0.2, 0.25) is 5.91 Å². The summed E-state index contributed by atoms with van der Waals surface area (Å²) < 4.78 is 5.08. The number of hydrogen-bond acceptors (Lipinski definition) is 4. The fourth-order valence-corrected chi connectivity index (χ4v) is 3.32. The number of carboxylic acid groups (broad SMARTS) is 1. The van der Waals surface area contributed by atoms with Crippen LogP contribution in [0.15, 0.2) is 47.1 Å². The summed E-state index contributed by atoms with van der Waals surface area (Å²) >= 11 is 0. The normalized spacial score (nSPS) is 17.3. The lowest BCUT2D eigenvalue weighted by molar-refractivity contribution is -0.142. The summed E-state index contributed by atoms with van der Waals surface area (Å²) in [6, 6.07) is 9.58. The lowest BCUT2D eigenvalue weighted by Gasteiger charge is -2.36. The van der Waals surface area contributed by atoms with Gasteiger partial charge in [-0.25, -0.2) is 0 Å². The summed E-state index contributed by atoms with van der Waals surface area (Å²) in [6.07, 6.45) is 1.39. The van der Waals surface area contributed by atoms with Crippen LogP contribution in [-0.2, 0) is 16.1 Å². The van der Waals surface area contributed by atoms with Gasteiger partial charge in [0.15, 0.2) is 5.76 Å². The van der Waals surface area contributed by atoms with Crippen LogP contribution >= 0.6 is 0 Å². The van der Waals surface area contributed by atoms with Crippen molar-refractivity contribution >= 4 is 17.8 Å². The Bertz CT molecular complexity index is 844. The molecule has 0 saturated heterocycles. The van der Waals surface area contributed by atoms with Gasteiger partial charge >= 0.3 is 5.97 Å². The number of furan rings is 1. The number of aliphatic carboxylic acids is 1. The molecule has 0 aliphatic carbocycles. The second kappa shape index (κ2) is 7.65. The molecule has 0 spiro atoms. The molecule has 1 aliphatic rings. The fraction of sp³-hybridized carbons (Fsp3) is 0.350. The van der Waals surface area contributed by atoms with Gasteiger partial charge in [-0.15, -0.1) is 0 Å². The van der Waals surface area contributed by atoms with Crippen molar-refractivity contribution in [2.24, 2.45) is 5.92 Å². The molecular weight excluding hydrogens is 348 g/mol.